The van der Waals surface area contributed by atoms with Crippen LogP contribution in [0.25, 0.3) is 0 Å². The molecule has 0 saturated heterocycles. The topological polar surface area (TPSA) is 104 Å². The fraction of sp³-hybridized carbons (Fsp3) is 0.417. The molecule has 168 valence electrons. The number of anilines is 2. The van der Waals surface area contributed by atoms with Gasteiger partial charge in [0.15, 0.2) is 5.16 Å². The number of aromatic amines is 2. The van der Waals surface area contributed by atoms with Crippen LogP contribution < -0.4 is 16.4 Å². The van der Waals surface area contributed by atoms with Crippen molar-refractivity contribution in [3.8, 4) is 0 Å². The first-order valence-corrected chi connectivity index (χ1v) is 12.4. The van der Waals surface area contributed by atoms with Gasteiger partial charge in [-0.05, 0) is 76.2 Å². The van der Waals surface area contributed by atoms with Crippen LogP contribution in [0.3, 0.4) is 0 Å². The van der Waals surface area contributed by atoms with Crippen LogP contribution in [0.1, 0.15) is 53.8 Å². The molecule has 3 N–H and O–H groups in total. The van der Waals surface area contributed by atoms with Gasteiger partial charge in [-0.3, -0.25) is 9.59 Å². The molecule has 0 radical (unpaired) electrons. The quantitative estimate of drug-likeness (QED) is 0.410. The first-order chi connectivity index (χ1) is 15.5. The fourth-order valence-electron chi connectivity index (χ4n) is 4.21. The Balaban J connectivity index is 0.000000165. The van der Waals surface area contributed by atoms with Crippen LogP contribution in [-0.4, -0.2) is 26.2 Å². The molecule has 2 aliphatic carbocycles. The number of nitrogens with zero attached hydrogens (tertiary/aromatic N) is 2. The third kappa shape index (κ3) is 5.12. The molecule has 32 heavy (non-hydrogen) atoms. The molecule has 2 heterocycles. The molecule has 2 aromatic heterocycles. The molecule has 1 aromatic carbocycles. The Labute approximate surface area is 191 Å². The zero-order valence-corrected chi connectivity index (χ0v) is 19.4. The van der Waals surface area contributed by atoms with Crippen LogP contribution in [-0.2, 0) is 25.7 Å². The summed E-state index contributed by atoms with van der Waals surface area (Å²) < 4.78 is 0. The summed E-state index contributed by atoms with van der Waals surface area (Å²) in [6, 6.07) is 7.96. The fourth-order valence-corrected chi connectivity index (χ4v) is 4.61. The molecule has 8 heteroatoms. The second-order valence-electron chi connectivity index (χ2n) is 8.21. The van der Waals surface area contributed by atoms with E-state index in [0.29, 0.717) is 5.95 Å². The van der Waals surface area contributed by atoms with Crippen molar-refractivity contribution in [2.45, 2.75) is 63.4 Å². The van der Waals surface area contributed by atoms with Gasteiger partial charge < -0.3 is 15.3 Å². The number of aryl methyl sites for hydroxylation is 3. The Morgan fingerprint density at radius 1 is 0.844 bits per heavy atom. The number of hydrogen-bond acceptors (Lipinski definition) is 6. The summed E-state index contributed by atoms with van der Waals surface area (Å²) in [7, 11) is 0. The van der Waals surface area contributed by atoms with Crippen molar-refractivity contribution < 1.29 is 0 Å². The Kier molecular flexibility index (Phi) is 7.09. The molecule has 0 fully saturated rings. The van der Waals surface area contributed by atoms with Gasteiger partial charge in [-0.25, -0.2) is 0 Å². The highest BCUT2D eigenvalue weighted by molar-refractivity contribution is 7.98. The first kappa shape index (κ1) is 22.3. The molecule has 0 amide bonds. The van der Waals surface area contributed by atoms with Gasteiger partial charge in [-0.15, -0.1) is 0 Å². The maximum absolute atomic E-state index is 12.0. The van der Waals surface area contributed by atoms with Gasteiger partial charge in [-0.2, -0.15) is 9.97 Å². The van der Waals surface area contributed by atoms with Crippen molar-refractivity contribution in [2.24, 2.45) is 0 Å². The highest BCUT2D eigenvalue weighted by Gasteiger charge is 2.16. The second kappa shape index (κ2) is 10.2. The van der Waals surface area contributed by atoms with Gasteiger partial charge >= 0.3 is 0 Å². The summed E-state index contributed by atoms with van der Waals surface area (Å²) in [5.41, 5.74) is 5.90. The van der Waals surface area contributed by atoms with E-state index in [-0.39, 0.29) is 11.1 Å². The van der Waals surface area contributed by atoms with Gasteiger partial charge in [0.05, 0.1) is 0 Å². The second-order valence-corrected chi connectivity index (χ2v) is 9.01. The SMILES string of the molecule is CSc1nc(=O)c2c([nH]1)CCCC2.Cc1ccccc1Nc1nc(=O)c2c([nH]1)CCCC2. The molecule has 7 nitrogen and oxygen atoms in total. The van der Waals surface area contributed by atoms with E-state index >= 15 is 0 Å². The summed E-state index contributed by atoms with van der Waals surface area (Å²) in [5.74, 6) is 0.542. The lowest BCUT2D eigenvalue weighted by Crippen LogP contribution is -2.22. The van der Waals surface area contributed by atoms with Crippen LogP contribution in [0.4, 0.5) is 11.6 Å². The summed E-state index contributed by atoms with van der Waals surface area (Å²) in [6.07, 6.45) is 10.1. The van der Waals surface area contributed by atoms with Crippen LogP contribution in [0, 0.1) is 6.92 Å². The number of rotatable bonds is 3. The monoisotopic (exact) mass is 451 g/mol. The van der Waals surface area contributed by atoms with Gasteiger partial charge in [0.1, 0.15) is 0 Å². The lowest BCUT2D eigenvalue weighted by Gasteiger charge is -2.16. The van der Waals surface area contributed by atoms with Crippen molar-refractivity contribution in [2.75, 3.05) is 11.6 Å². The van der Waals surface area contributed by atoms with Crippen molar-refractivity contribution in [3.63, 3.8) is 0 Å². The van der Waals surface area contributed by atoms with Gasteiger partial charge in [0.25, 0.3) is 11.1 Å². The van der Waals surface area contributed by atoms with Crippen LogP contribution in [0.15, 0.2) is 39.0 Å². The van der Waals surface area contributed by atoms with E-state index < -0.39 is 0 Å². The van der Waals surface area contributed by atoms with E-state index in [2.05, 4.69) is 25.3 Å². The minimum absolute atomic E-state index is 0.0298. The number of aromatic nitrogens is 4. The highest BCUT2D eigenvalue weighted by Crippen LogP contribution is 2.20. The maximum atomic E-state index is 12.0. The van der Waals surface area contributed by atoms with E-state index in [4.69, 9.17) is 0 Å². The molecule has 0 bridgehead atoms. The summed E-state index contributed by atoms with van der Waals surface area (Å²) in [5, 5.41) is 3.94. The molecule has 0 unspecified atom stereocenters. The van der Waals surface area contributed by atoms with Crippen molar-refractivity contribution >= 4 is 23.4 Å². The number of nitrogens with one attached hydrogen (secondary N) is 3. The predicted octanol–water partition coefficient (Wildman–Crippen LogP) is 4.07. The number of H-pyrrole nitrogens is 2. The van der Waals surface area contributed by atoms with Gasteiger partial charge in [0.2, 0.25) is 5.95 Å². The lowest BCUT2D eigenvalue weighted by molar-refractivity contribution is 0.641. The maximum Gasteiger partial charge on any atom is 0.277 e. The summed E-state index contributed by atoms with van der Waals surface area (Å²) in [4.78, 5) is 38.0. The van der Waals surface area contributed by atoms with E-state index in [1.807, 2.05) is 37.4 Å². The smallest absolute Gasteiger partial charge is 0.277 e. The average molecular weight is 452 g/mol. The number of hydrogen-bond donors (Lipinski definition) is 3. The largest absolute Gasteiger partial charge is 0.338 e. The third-order valence-electron chi connectivity index (χ3n) is 5.99. The molecule has 5 rings (SSSR count). The van der Waals surface area contributed by atoms with Gasteiger partial charge in [-0.1, -0.05) is 30.0 Å². The van der Waals surface area contributed by atoms with Crippen LogP contribution in [0.2, 0.25) is 0 Å². The molecule has 0 aliphatic heterocycles. The molecular formula is C24H29N5O2S. The Hall–Kier alpha value is -2.87. The number of benzene rings is 1. The molecule has 0 spiro atoms. The minimum atomic E-state index is -0.0930. The van der Waals surface area contributed by atoms with Crippen LogP contribution in [0.5, 0.6) is 0 Å². The normalized spacial score (nSPS) is 14.6. The Morgan fingerprint density at radius 3 is 2.09 bits per heavy atom. The van der Waals surface area contributed by atoms with Crippen LogP contribution >= 0.6 is 11.8 Å². The molecule has 0 atom stereocenters. The molecule has 0 saturated carbocycles. The average Bonchev–Trinajstić information content (AvgIpc) is 2.81. The van der Waals surface area contributed by atoms with E-state index in [0.717, 1.165) is 83.9 Å². The zero-order chi connectivity index (χ0) is 22.5. The lowest BCUT2D eigenvalue weighted by atomic mass is 9.97. The van der Waals surface area contributed by atoms with E-state index in [9.17, 15) is 9.59 Å². The molecule has 3 aromatic rings. The third-order valence-corrected chi connectivity index (χ3v) is 6.57. The minimum Gasteiger partial charge on any atom is -0.338 e. The molecular weight excluding hydrogens is 422 g/mol. The number of para-hydroxylation sites is 1. The summed E-state index contributed by atoms with van der Waals surface area (Å²) >= 11 is 1.49. The number of thioether (sulfide) groups is 1. The van der Waals surface area contributed by atoms with Crippen molar-refractivity contribution in [1.29, 1.82) is 0 Å². The first-order valence-electron chi connectivity index (χ1n) is 11.2. The Morgan fingerprint density at radius 2 is 1.44 bits per heavy atom. The van der Waals surface area contributed by atoms with E-state index in [1.165, 1.54) is 18.2 Å². The standard InChI is InChI=1S/C15H17N3O.C9H12N2OS/c1-10-6-2-4-8-12(10)16-15-17-13-9-5-3-7-11(13)14(19)18-15;1-13-9-10-7-5-3-2-4-6(7)8(12)11-9/h2,4,6,8H,3,5,7,9H2,1H3,(H2,16,17,18,19);2-5H2,1H3,(H,10,11,12). The van der Waals surface area contributed by atoms with Gasteiger partial charge in [0, 0.05) is 28.2 Å². The molecule has 2 aliphatic rings. The number of fused-ring (bicyclic) bond motifs is 2. The van der Waals surface area contributed by atoms with Crippen molar-refractivity contribution in [1.82, 2.24) is 19.9 Å². The van der Waals surface area contributed by atoms with E-state index in [1.54, 1.807) is 0 Å². The summed E-state index contributed by atoms with van der Waals surface area (Å²) in [6.45, 7) is 2.03. The Bertz CT molecular complexity index is 1220. The zero-order valence-electron chi connectivity index (χ0n) is 18.6. The van der Waals surface area contributed by atoms with Crippen molar-refractivity contribution in [3.05, 3.63) is 73.1 Å². The predicted molar refractivity (Wildman–Crippen MR) is 129 cm³/mol. The highest BCUT2D eigenvalue weighted by atomic mass is 32.2.